The second-order valence-electron chi connectivity index (χ2n) is 8.90. The van der Waals surface area contributed by atoms with Gasteiger partial charge in [-0.05, 0) is 87.0 Å². The van der Waals surface area contributed by atoms with E-state index in [0.717, 1.165) is 0 Å². The first-order chi connectivity index (χ1) is 20.4. The lowest BCUT2D eigenvalue weighted by atomic mass is 10.1. The van der Waals surface area contributed by atoms with Gasteiger partial charge in [-0.15, -0.1) is 0 Å². The summed E-state index contributed by atoms with van der Waals surface area (Å²) in [6, 6.07) is 14.3. The topological polar surface area (TPSA) is 157 Å². The molecule has 0 saturated carbocycles. The summed E-state index contributed by atoms with van der Waals surface area (Å²) < 4.78 is 38.0. The molecule has 0 aromatic heterocycles. The maximum atomic E-state index is 13.1. The fraction of sp³-hybridized carbons (Fsp3) is 0.241. The molecule has 1 unspecified atom stereocenters. The minimum Gasteiger partial charge on any atom is -0.466 e. The third-order valence-electron chi connectivity index (χ3n) is 5.82. The van der Waals surface area contributed by atoms with E-state index in [1.54, 1.807) is 13.8 Å². The quantitative estimate of drug-likeness (QED) is 0.217. The number of hydrogen-bond acceptors (Lipinski definition) is 8. The van der Waals surface area contributed by atoms with Gasteiger partial charge < -0.3 is 20.1 Å². The molecule has 0 fully saturated rings. The van der Waals surface area contributed by atoms with E-state index in [0.29, 0.717) is 5.02 Å². The van der Waals surface area contributed by atoms with Crippen molar-refractivity contribution in [2.75, 3.05) is 23.3 Å². The van der Waals surface area contributed by atoms with Crippen LogP contribution in [0, 0.1) is 0 Å². The number of hydrogen-bond donors (Lipinski definition) is 3. The van der Waals surface area contributed by atoms with Gasteiger partial charge in [-0.1, -0.05) is 23.2 Å². The number of benzene rings is 3. The highest BCUT2D eigenvalue weighted by Crippen LogP contribution is 2.25. The molecule has 0 bridgehead atoms. The van der Waals surface area contributed by atoms with Gasteiger partial charge in [0.25, 0.3) is 21.8 Å². The lowest BCUT2D eigenvalue weighted by Crippen LogP contribution is -2.42. The van der Waals surface area contributed by atoms with E-state index in [1.807, 2.05) is 0 Å². The van der Waals surface area contributed by atoms with Crippen LogP contribution in [0.5, 0.6) is 0 Å². The maximum Gasteiger partial charge on any atom is 0.328 e. The van der Waals surface area contributed by atoms with Gasteiger partial charge in [-0.25, -0.2) is 13.2 Å². The number of rotatable bonds is 13. The highest BCUT2D eigenvalue weighted by atomic mass is 35.5. The number of halogens is 2. The lowest BCUT2D eigenvalue weighted by Gasteiger charge is -2.17. The zero-order valence-corrected chi connectivity index (χ0v) is 25.5. The maximum absolute atomic E-state index is 13.1. The van der Waals surface area contributed by atoms with Crippen molar-refractivity contribution in [3.8, 4) is 0 Å². The van der Waals surface area contributed by atoms with E-state index >= 15 is 0 Å². The van der Waals surface area contributed by atoms with Crippen LogP contribution in [-0.2, 0) is 29.1 Å². The van der Waals surface area contributed by atoms with Gasteiger partial charge >= 0.3 is 11.9 Å². The van der Waals surface area contributed by atoms with E-state index < -0.39 is 39.8 Å². The van der Waals surface area contributed by atoms with Crippen LogP contribution in [0.3, 0.4) is 0 Å². The van der Waals surface area contributed by atoms with Crippen LogP contribution in [-0.4, -0.2) is 51.4 Å². The Morgan fingerprint density at radius 3 is 2.07 bits per heavy atom. The molecule has 2 amide bonds. The van der Waals surface area contributed by atoms with Crippen molar-refractivity contribution in [1.82, 2.24) is 5.32 Å². The van der Waals surface area contributed by atoms with Gasteiger partial charge in [0.15, 0.2) is 0 Å². The monoisotopic (exact) mass is 649 g/mol. The Bertz CT molecular complexity index is 1580. The number of carbonyl (C=O) groups excluding carboxylic acids is 4. The van der Waals surface area contributed by atoms with Crippen LogP contribution in [0.25, 0.3) is 0 Å². The van der Waals surface area contributed by atoms with Crippen LogP contribution in [0.1, 0.15) is 47.4 Å². The smallest absolute Gasteiger partial charge is 0.328 e. The summed E-state index contributed by atoms with van der Waals surface area (Å²) in [6.07, 6.45) is -0.106. The molecule has 11 nitrogen and oxygen atoms in total. The SMILES string of the molecule is CCOC(=O)CCC(NC(=O)c1ccc(NC(=O)c2cc(Cl)ccc2NS(=O)(=O)c2ccc(Cl)cc2)cc1)C(=O)OCC. The predicted molar refractivity (Wildman–Crippen MR) is 162 cm³/mol. The third kappa shape index (κ3) is 9.70. The molecule has 0 aliphatic carbocycles. The van der Waals surface area contributed by atoms with Gasteiger partial charge in [0.2, 0.25) is 0 Å². The van der Waals surface area contributed by atoms with Crippen molar-refractivity contribution in [3.63, 3.8) is 0 Å². The van der Waals surface area contributed by atoms with Crippen LogP contribution < -0.4 is 15.4 Å². The fourth-order valence-corrected chi connectivity index (χ4v) is 5.12. The number of ether oxygens (including phenoxy) is 2. The minimum atomic E-state index is -4.05. The zero-order valence-electron chi connectivity index (χ0n) is 23.2. The lowest BCUT2D eigenvalue weighted by molar-refractivity contribution is -0.146. The standard InChI is InChI=1S/C29H29Cl2N3O8S/c1-3-41-26(35)16-15-25(29(38)42-4-2)33-27(36)18-5-10-21(11-6-18)32-28(37)23-17-20(31)9-14-24(23)34-43(39,40)22-12-7-19(30)8-13-22/h5-14,17,25,34H,3-4,15-16H2,1-2H3,(H,32,37)(H,33,36). The van der Waals surface area contributed by atoms with E-state index in [1.165, 1.54) is 66.7 Å². The van der Waals surface area contributed by atoms with Crippen LogP contribution in [0.2, 0.25) is 10.0 Å². The van der Waals surface area contributed by atoms with Crippen molar-refractivity contribution >= 4 is 68.4 Å². The second kappa shape index (κ2) is 15.4. The molecule has 0 radical (unpaired) electrons. The Morgan fingerprint density at radius 1 is 0.814 bits per heavy atom. The van der Waals surface area contributed by atoms with Crippen molar-refractivity contribution < 1.29 is 37.1 Å². The molecule has 0 aliphatic heterocycles. The van der Waals surface area contributed by atoms with Crippen LogP contribution in [0.15, 0.2) is 71.6 Å². The van der Waals surface area contributed by atoms with Crippen molar-refractivity contribution in [2.45, 2.75) is 37.6 Å². The largest absolute Gasteiger partial charge is 0.466 e. The molecule has 0 saturated heterocycles. The van der Waals surface area contributed by atoms with Gasteiger partial charge in [0, 0.05) is 27.7 Å². The molecule has 0 heterocycles. The molecule has 3 N–H and O–H groups in total. The van der Waals surface area contributed by atoms with Gasteiger partial charge in [0.1, 0.15) is 6.04 Å². The van der Waals surface area contributed by atoms with Crippen LogP contribution in [0.4, 0.5) is 11.4 Å². The summed E-state index contributed by atoms with van der Waals surface area (Å²) in [5.74, 6) is -2.47. The molecule has 0 aliphatic rings. The summed E-state index contributed by atoms with van der Waals surface area (Å²) in [5, 5.41) is 5.76. The Morgan fingerprint density at radius 2 is 1.44 bits per heavy atom. The van der Waals surface area contributed by atoms with Crippen molar-refractivity contribution in [2.24, 2.45) is 0 Å². The van der Waals surface area contributed by atoms with E-state index in [4.69, 9.17) is 32.7 Å². The van der Waals surface area contributed by atoms with Crippen molar-refractivity contribution in [3.05, 3.63) is 87.9 Å². The first-order valence-corrected chi connectivity index (χ1v) is 15.3. The molecule has 228 valence electrons. The molecule has 3 aromatic rings. The minimum absolute atomic E-state index is 0.0126. The molecular weight excluding hydrogens is 621 g/mol. The molecule has 3 aromatic carbocycles. The Hall–Kier alpha value is -4.13. The highest BCUT2D eigenvalue weighted by molar-refractivity contribution is 7.92. The zero-order chi connectivity index (χ0) is 31.6. The van der Waals surface area contributed by atoms with E-state index in [-0.39, 0.29) is 58.5 Å². The molecule has 1 atom stereocenters. The van der Waals surface area contributed by atoms with Crippen LogP contribution >= 0.6 is 23.2 Å². The number of carbonyl (C=O) groups is 4. The predicted octanol–water partition coefficient (Wildman–Crippen LogP) is 5.05. The Labute approximate surface area is 258 Å². The number of anilines is 2. The Balaban J connectivity index is 1.72. The summed E-state index contributed by atoms with van der Waals surface area (Å²) in [4.78, 5) is 50.0. The van der Waals surface area contributed by atoms with Gasteiger partial charge in [-0.3, -0.25) is 19.1 Å². The summed E-state index contributed by atoms with van der Waals surface area (Å²) in [5.41, 5.74) is 0.395. The number of esters is 2. The summed E-state index contributed by atoms with van der Waals surface area (Å²) in [7, 11) is -4.05. The van der Waals surface area contributed by atoms with E-state index in [2.05, 4.69) is 15.4 Å². The van der Waals surface area contributed by atoms with Gasteiger partial charge in [0.05, 0.1) is 29.4 Å². The molecule has 43 heavy (non-hydrogen) atoms. The third-order valence-corrected chi connectivity index (χ3v) is 7.69. The summed E-state index contributed by atoms with van der Waals surface area (Å²) >= 11 is 11.9. The number of nitrogens with one attached hydrogen (secondary N) is 3. The first-order valence-electron chi connectivity index (χ1n) is 13.1. The van der Waals surface area contributed by atoms with Crippen molar-refractivity contribution in [1.29, 1.82) is 0 Å². The number of sulfonamides is 1. The normalized spacial score (nSPS) is 11.6. The molecule has 14 heteroatoms. The fourth-order valence-electron chi connectivity index (χ4n) is 3.74. The molecule has 3 rings (SSSR count). The highest BCUT2D eigenvalue weighted by Gasteiger charge is 2.24. The average Bonchev–Trinajstić information content (AvgIpc) is 2.96. The van der Waals surface area contributed by atoms with Gasteiger partial charge in [-0.2, -0.15) is 0 Å². The number of amides is 2. The summed E-state index contributed by atoms with van der Waals surface area (Å²) in [6.45, 7) is 3.56. The molecule has 0 spiro atoms. The Kier molecular flexibility index (Phi) is 11.9. The van der Waals surface area contributed by atoms with E-state index in [9.17, 15) is 27.6 Å². The average molecular weight is 651 g/mol. The second-order valence-corrected chi connectivity index (χ2v) is 11.5. The molecular formula is C29H29Cl2N3O8S. The first kappa shape index (κ1) is 33.4.